The van der Waals surface area contributed by atoms with Gasteiger partial charge in [0.15, 0.2) is 0 Å². The second-order valence-corrected chi connectivity index (χ2v) is 26.0. The molecule has 4 heteroatoms. The molecule has 4 aromatic heterocycles. The topological polar surface area (TPSA) is 19.7 Å². The minimum Gasteiger partial charge on any atom is -0.309 e. The molecule has 16 aromatic carbocycles. The minimum absolute atomic E-state index is 1.15. The maximum absolute atomic E-state index is 2.43. The third kappa shape index (κ3) is 10.00. The van der Waals surface area contributed by atoms with E-state index in [0.717, 1.165) is 11.4 Å². The lowest BCUT2D eigenvalue weighted by Gasteiger charge is -2.13. The van der Waals surface area contributed by atoms with Crippen LogP contribution < -0.4 is 0 Å². The van der Waals surface area contributed by atoms with Crippen molar-refractivity contribution in [2.75, 3.05) is 0 Å². The molecule has 0 aliphatic carbocycles. The first-order chi connectivity index (χ1) is 49.6. The van der Waals surface area contributed by atoms with Gasteiger partial charge in [0.05, 0.1) is 44.1 Å². The standard InChI is InChI=1S/2C48H32N2/c1-3-12-33(13-4-1)34-22-24-35(25-23-34)36-14-11-17-40(30-36)50-45-20-9-7-18-41(45)43-28-26-38(32-48(43)50)37-27-29-47-44(31-37)42-19-8-10-21-46(42)49(47)39-15-5-2-6-16-39;1-3-13-33(14-4-1)39-17-7-8-18-40(39)34-23-27-38(28-24-34)50-45-21-11-9-19-41(45)43-29-25-36(32-48(43)50)35-26-30-47-44(31-35)42-20-10-12-22-46(42)49(47)37-15-5-2-6-16-37/h2*1-32H. The van der Waals surface area contributed by atoms with E-state index in [9.17, 15) is 0 Å². The fourth-order valence-corrected chi connectivity index (χ4v) is 15.6. The average molecular weight is 1270 g/mol. The minimum atomic E-state index is 1.15. The Bertz CT molecular complexity index is 6470. The summed E-state index contributed by atoms with van der Waals surface area (Å²) in [6, 6.07) is 141. The highest BCUT2D eigenvalue weighted by atomic mass is 15.0. The fourth-order valence-electron chi connectivity index (χ4n) is 15.6. The molecule has 0 radical (unpaired) electrons. The molecule has 4 nitrogen and oxygen atoms in total. The normalized spacial score (nSPS) is 11.6. The van der Waals surface area contributed by atoms with E-state index in [2.05, 4.69) is 407 Å². The van der Waals surface area contributed by atoms with E-state index in [1.165, 1.54) is 165 Å². The number of fused-ring (bicyclic) bond motifs is 12. The number of para-hydroxylation sites is 6. The summed E-state index contributed by atoms with van der Waals surface area (Å²) in [5.41, 5.74) is 28.9. The molecular weight excluding hydrogens is 1210 g/mol. The van der Waals surface area contributed by atoms with Crippen LogP contribution in [-0.4, -0.2) is 18.3 Å². The maximum Gasteiger partial charge on any atom is 0.0547 e. The van der Waals surface area contributed by atoms with Crippen LogP contribution in [0.15, 0.2) is 388 Å². The van der Waals surface area contributed by atoms with Crippen molar-refractivity contribution in [3.63, 3.8) is 0 Å². The highest BCUT2D eigenvalue weighted by molar-refractivity contribution is 6.15. The van der Waals surface area contributed by atoms with Gasteiger partial charge in [-0.05, 0) is 176 Å². The quantitative estimate of drug-likeness (QED) is 0.130. The van der Waals surface area contributed by atoms with E-state index in [0.29, 0.717) is 0 Å². The molecule has 4 heterocycles. The Hall–Kier alpha value is -13.3. The van der Waals surface area contributed by atoms with Gasteiger partial charge in [-0.3, -0.25) is 0 Å². The van der Waals surface area contributed by atoms with Gasteiger partial charge >= 0.3 is 0 Å². The molecule has 20 rings (SSSR count). The third-order valence-electron chi connectivity index (χ3n) is 20.3. The van der Waals surface area contributed by atoms with Gasteiger partial charge in [-0.15, -0.1) is 0 Å². The zero-order valence-corrected chi connectivity index (χ0v) is 54.7. The molecule has 0 bridgehead atoms. The molecule has 20 aromatic rings. The molecule has 0 spiro atoms. The van der Waals surface area contributed by atoms with E-state index in [4.69, 9.17) is 0 Å². The third-order valence-corrected chi connectivity index (χ3v) is 20.3. The van der Waals surface area contributed by atoms with Gasteiger partial charge in [0.25, 0.3) is 0 Å². The Morgan fingerprint density at radius 3 is 0.850 bits per heavy atom. The lowest BCUT2D eigenvalue weighted by atomic mass is 9.94. The number of rotatable bonds is 10. The van der Waals surface area contributed by atoms with Crippen molar-refractivity contribution < 1.29 is 0 Å². The number of benzene rings is 16. The number of aromatic nitrogens is 4. The van der Waals surface area contributed by atoms with Crippen LogP contribution in [0.2, 0.25) is 0 Å². The lowest BCUT2D eigenvalue weighted by Crippen LogP contribution is -1.94. The van der Waals surface area contributed by atoms with Gasteiger partial charge in [0, 0.05) is 65.8 Å². The maximum atomic E-state index is 2.43. The van der Waals surface area contributed by atoms with Crippen LogP contribution in [0.4, 0.5) is 0 Å². The zero-order valence-electron chi connectivity index (χ0n) is 54.7. The van der Waals surface area contributed by atoms with Crippen LogP contribution in [0.25, 0.3) is 177 Å². The summed E-state index contributed by atoms with van der Waals surface area (Å²) in [6.07, 6.45) is 0. The molecular formula is C96H64N4. The molecule has 0 unspecified atom stereocenters. The summed E-state index contributed by atoms with van der Waals surface area (Å²) in [5, 5.41) is 10.1. The van der Waals surface area contributed by atoms with Gasteiger partial charge in [-0.2, -0.15) is 0 Å². The van der Waals surface area contributed by atoms with Crippen molar-refractivity contribution in [3.05, 3.63) is 388 Å². The van der Waals surface area contributed by atoms with Crippen molar-refractivity contribution in [2.45, 2.75) is 0 Å². The van der Waals surface area contributed by atoms with Crippen LogP contribution in [-0.2, 0) is 0 Å². The van der Waals surface area contributed by atoms with E-state index in [-0.39, 0.29) is 0 Å². The van der Waals surface area contributed by atoms with Crippen molar-refractivity contribution in [2.24, 2.45) is 0 Å². The van der Waals surface area contributed by atoms with Crippen molar-refractivity contribution in [3.8, 4) is 89.5 Å². The smallest absolute Gasteiger partial charge is 0.0547 e. The van der Waals surface area contributed by atoms with Crippen LogP contribution in [0.1, 0.15) is 0 Å². The lowest BCUT2D eigenvalue weighted by molar-refractivity contribution is 1.18. The van der Waals surface area contributed by atoms with Gasteiger partial charge in [-0.1, -0.05) is 279 Å². The van der Waals surface area contributed by atoms with Gasteiger partial charge in [0.1, 0.15) is 0 Å². The summed E-state index contributed by atoms with van der Waals surface area (Å²) in [7, 11) is 0. The molecule has 468 valence electrons. The second-order valence-electron chi connectivity index (χ2n) is 26.0. The molecule has 0 saturated carbocycles. The zero-order chi connectivity index (χ0) is 66.0. The van der Waals surface area contributed by atoms with Crippen molar-refractivity contribution >= 4 is 87.2 Å². The molecule has 0 N–H and O–H groups in total. The summed E-state index contributed by atoms with van der Waals surface area (Å²) < 4.78 is 9.59. The van der Waals surface area contributed by atoms with Crippen LogP contribution in [0.5, 0.6) is 0 Å². The molecule has 0 fully saturated rings. The highest BCUT2D eigenvalue weighted by Crippen LogP contribution is 2.43. The van der Waals surface area contributed by atoms with Crippen LogP contribution in [0.3, 0.4) is 0 Å². The molecule has 0 atom stereocenters. The van der Waals surface area contributed by atoms with E-state index in [1.807, 2.05) is 0 Å². The Labute approximate surface area is 579 Å². The van der Waals surface area contributed by atoms with Crippen LogP contribution >= 0.6 is 0 Å². The Balaban J connectivity index is 0.000000139. The molecule has 0 aliphatic heterocycles. The SMILES string of the molecule is c1ccc(-c2ccc(-c3cccc(-n4c5ccccc5c5ccc(-c6ccc7c(c6)c6ccccc6n7-c6ccccc6)cc54)c3)cc2)cc1.c1ccc(-c2ccccc2-c2ccc(-n3c4ccccc4c4ccc(-c5ccc6c(c5)c5ccccc5n6-c5ccccc5)cc43)cc2)cc1. The van der Waals surface area contributed by atoms with E-state index < -0.39 is 0 Å². The summed E-state index contributed by atoms with van der Waals surface area (Å²) in [6.45, 7) is 0. The molecule has 0 aliphatic rings. The van der Waals surface area contributed by atoms with E-state index >= 15 is 0 Å². The van der Waals surface area contributed by atoms with Gasteiger partial charge in [0.2, 0.25) is 0 Å². The first-order valence-electron chi connectivity index (χ1n) is 34.4. The largest absolute Gasteiger partial charge is 0.309 e. The van der Waals surface area contributed by atoms with E-state index in [1.54, 1.807) is 0 Å². The monoisotopic (exact) mass is 1270 g/mol. The van der Waals surface area contributed by atoms with Crippen molar-refractivity contribution in [1.82, 2.24) is 18.3 Å². The van der Waals surface area contributed by atoms with Gasteiger partial charge < -0.3 is 18.3 Å². The van der Waals surface area contributed by atoms with Crippen LogP contribution in [0, 0.1) is 0 Å². The number of hydrogen-bond donors (Lipinski definition) is 0. The van der Waals surface area contributed by atoms with Gasteiger partial charge in [-0.25, -0.2) is 0 Å². The Morgan fingerprint density at radius 1 is 0.120 bits per heavy atom. The fraction of sp³-hybridized carbons (Fsp3) is 0. The molecule has 100 heavy (non-hydrogen) atoms. The summed E-state index contributed by atoms with van der Waals surface area (Å²) in [4.78, 5) is 0. The molecule has 0 saturated heterocycles. The predicted molar refractivity (Wildman–Crippen MR) is 423 cm³/mol. The summed E-state index contributed by atoms with van der Waals surface area (Å²) >= 11 is 0. The van der Waals surface area contributed by atoms with Crippen molar-refractivity contribution in [1.29, 1.82) is 0 Å². The highest BCUT2D eigenvalue weighted by Gasteiger charge is 2.20. The molecule has 0 amide bonds. The summed E-state index contributed by atoms with van der Waals surface area (Å²) in [5.74, 6) is 0. The predicted octanol–water partition coefficient (Wildman–Crippen LogP) is 25.8. The number of hydrogen-bond acceptors (Lipinski definition) is 0. The second kappa shape index (κ2) is 24.4. The average Bonchev–Trinajstić information content (AvgIpc) is 1.60. The number of nitrogens with zero attached hydrogens (tertiary/aromatic N) is 4. The Kier molecular flexibility index (Phi) is 14.2. The Morgan fingerprint density at radius 2 is 0.380 bits per heavy atom. The first kappa shape index (κ1) is 58.1. The first-order valence-corrected chi connectivity index (χ1v) is 34.4.